The molecule has 2 aromatic carbocycles. The van der Waals surface area contributed by atoms with Crippen LogP contribution in [0.15, 0.2) is 53.3 Å². The monoisotopic (exact) mass is 432 g/mol. The van der Waals surface area contributed by atoms with Crippen LogP contribution >= 0.6 is 0 Å². The van der Waals surface area contributed by atoms with Crippen LogP contribution in [0.3, 0.4) is 0 Å². The Hall–Kier alpha value is -3.17. The van der Waals surface area contributed by atoms with Gasteiger partial charge in [-0.2, -0.15) is 13.2 Å². The first-order chi connectivity index (χ1) is 14.7. The molecule has 3 atom stereocenters. The Morgan fingerprint density at radius 3 is 2.55 bits per heavy atom. The van der Waals surface area contributed by atoms with Crippen molar-refractivity contribution >= 4 is 16.7 Å². The third-order valence-electron chi connectivity index (χ3n) is 5.58. The van der Waals surface area contributed by atoms with Gasteiger partial charge < -0.3 is 20.5 Å². The molecule has 4 N–H and O–H groups in total. The maximum absolute atomic E-state index is 13.4. The minimum Gasteiger partial charge on any atom is -0.394 e. The zero-order chi connectivity index (χ0) is 22.3. The first-order valence-corrected chi connectivity index (χ1v) is 9.62. The van der Waals surface area contributed by atoms with E-state index in [0.717, 1.165) is 6.07 Å². The Labute approximate surface area is 174 Å². The van der Waals surface area contributed by atoms with Gasteiger partial charge in [0.2, 0.25) is 5.91 Å². The number of nitrogens with one attached hydrogen (secondary N) is 2. The van der Waals surface area contributed by atoms with Crippen LogP contribution in [0.25, 0.3) is 22.0 Å². The van der Waals surface area contributed by atoms with Crippen LogP contribution in [0.2, 0.25) is 0 Å². The van der Waals surface area contributed by atoms with Gasteiger partial charge >= 0.3 is 6.18 Å². The molecule has 162 valence electrons. The molecule has 0 radical (unpaired) electrons. The van der Waals surface area contributed by atoms with Crippen LogP contribution in [0, 0.1) is 0 Å². The van der Waals surface area contributed by atoms with Crippen molar-refractivity contribution in [2.24, 2.45) is 0 Å². The summed E-state index contributed by atoms with van der Waals surface area (Å²) in [5.74, 6) is -0.940. The Morgan fingerprint density at radius 2 is 1.84 bits per heavy atom. The van der Waals surface area contributed by atoms with E-state index in [1.54, 1.807) is 12.1 Å². The lowest BCUT2D eigenvalue weighted by molar-refractivity contribution is -0.137. The highest BCUT2D eigenvalue weighted by Gasteiger charge is 2.37. The first kappa shape index (κ1) is 21.1. The van der Waals surface area contributed by atoms with E-state index in [0.29, 0.717) is 10.9 Å². The van der Waals surface area contributed by atoms with Gasteiger partial charge in [0.25, 0.3) is 5.56 Å². The van der Waals surface area contributed by atoms with Crippen molar-refractivity contribution < 1.29 is 28.2 Å². The number of carbonyl (C=O) groups is 1. The lowest BCUT2D eigenvalue weighted by Crippen LogP contribution is -2.38. The van der Waals surface area contributed by atoms with Gasteiger partial charge in [-0.05, 0) is 35.6 Å². The number of aliphatic hydroxyl groups excluding tert-OH is 2. The van der Waals surface area contributed by atoms with Crippen molar-refractivity contribution in [2.45, 2.75) is 30.7 Å². The third-order valence-corrected chi connectivity index (χ3v) is 5.58. The largest absolute Gasteiger partial charge is 0.417 e. The molecule has 9 heteroatoms. The fraction of sp³-hybridized carbons (Fsp3) is 0.273. The maximum Gasteiger partial charge on any atom is 0.417 e. The number of hydrogen-bond donors (Lipinski definition) is 4. The molecule has 4 rings (SSSR count). The number of rotatable bonds is 4. The van der Waals surface area contributed by atoms with Crippen molar-refractivity contribution in [2.75, 3.05) is 6.61 Å². The molecule has 0 bridgehead atoms. The van der Waals surface area contributed by atoms with Gasteiger partial charge in [-0.3, -0.25) is 9.59 Å². The number of fused-ring (bicyclic) bond motifs is 1. The van der Waals surface area contributed by atoms with Crippen LogP contribution < -0.4 is 10.9 Å². The summed E-state index contributed by atoms with van der Waals surface area (Å²) in [6.45, 7) is -0.489. The van der Waals surface area contributed by atoms with E-state index in [2.05, 4.69) is 10.3 Å². The quantitative estimate of drug-likeness (QED) is 0.509. The van der Waals surface area contributed by atoms with Gasteiger partial charge in [0, 0.05) is 16.6 Å². The van der Waals surface area contributed by atoms with E-state index >= 15 is 0 Å². The number of amides is 1. The Kier molecular flexibility index (Phi) is 5.32. The lowest BCUT2D eigenvalue weighted by Gasteiger charge is -2.15. The van der Waals surface area contributed by atoms with E-state index in [4.69, 9.17) is 5.11 Å². The third kappa shape index (κ3) is 3.94. The van der Waals surface area contributed by atoms with E-state index in [1.165, 1.54) is 30.3 Å². The fourth-order valence-corrected chi connectivity index (χ4v) is 3.98. The maximum atomic E-state index is 13.4. The first-order valence-electron chi connectivity index (χ1n) is 9.62. The molecule has 6 nitrogen and oxygen atoms in total. The van der Waals surface area contributed by atoms with Gasteiger partial charge in [-0.15, -0.1) is 0 Å². The summed E-state index contributed by atoms with van der Waals surface area (Å²) in [7, 11) is 0. The molecule has 1 aromatic heterocycles. The molecule has 0 saturated carbocycles. The van der Waals surface area contributed by atoms with Gasteiger partial charge in [0.15, 0.2) is 0 Å². The normalized spacial score (nSPS) is 20.1. The molecule has 0 spiro atoms. The van der Waals surface area contributed by atoms with Crippen LogP contribution in [0.1, 0.15) is 23.5 Å². The van der Waals surface area contributed by atoms with E-state index in [-0.39, 0.29) is 29.0 Å². The average molecular weight is 432 g/mol. The minimum absolute atomic E-state index is 0.0444. The average Bonchev–Trinajstić information content (AvgIpc) is 3.14. The molecule has 1 aliphatic heterocycles. The van der Waals surface area contributed by atoms with E-state index in [9.17, 15) is 27.9 Å². The second-order valence-corrected chi connectivity index (χ2v) is 7.56. The van der Waals surface area contributed by atoms with E-state index < -0.39 is 42.0 Å². The molecular weight excluding hydrogens is 413 g/mol. The van der Waals surface area contributed by atoms with Crippen LogP contribution in [-0.4, -0.2) is 39.9 Å². The minimum atomic E-state index is -4.57. The van der Waals surface area contributed by atoms with Gasteiger partial charge in [0.1, 0.15) is 0 Å². The number of aromatic nitrogens is 1. The molecule has 0 aliphatic carbocycles. The Balaban J connectivity index is 1.74. The van der Waals surface area contributed by atoms with Crippen molar-refractivity contribution in [1.29, 1.82) is 0 Å². The van der Waals surface area contributed by atoms with Gasteiger partial charge in [0.05, 0.1) is 30.2 Å². The second kappa shape index (κ2) is 7.82. The molecule has 1 fully saturated rings. The molecule has 1 aliphatic rings. The van der Waals surface area contributed by atoms with E-state index in [1.807, 2.05) is 0 Å². The standard InChI is InChI=1S/C22H19F3N2O4/c23-22(24,25)16-4-2-1-3-13(16)17-8-12-6-5-11(7-14(12)20(30)26-17)15-9-18(19(29)10-28)27-21(15)31/h1-8,15,18-19,28-29H,9-10H2,(H,26,30)(H,27,31)/t15-,18?,19-/m1/s1. The zero-order valence-corrected chi connectivity index (χ0v) is 16.1. The molecule has 1 unspecified atom stereocenters. The molecule has 31 heavy (non-hydrogen) atoms. The second-order valence-electron chi connectivity index (χ2n) is 7.56. The lowest BCUT2D eigenvalue weighted by atomic mass is 9.92. The number of H-pyrrole nitrogens is 1. The fourth-order valence-electron chi connectivity index (χ4n) is 3.98. The Morgan fingerprint density at radius 1 is 1.10 bits per heavy atom. The Bertz CT molecular complexity index is 1210. The molecule has 3 aromatic rings. The SMILES string of the molecule is O=C1NC([C@H](O)CO)C[C@@H]1c1ccc2cc(-c3ccccc3C(F)(F)F)[nH]c(=O)c2c1. The van der Waals surface area contributed by atoms with Crippen molar-refractivity contribution in [3.8, 4) is 11.3 Å². The van der Waals surface area contributed by atoms with Crippen LogP contribution in [0.5, 0.6) is 0 Å². The van der Waals surface area contributed by atoms with Crippen LogP contribution in [-0.2, 0) is 11.0 Å². The molecular formula is C22H19F3N2O4. The van der Waals surface area contributed by atoms with Crippen molar-refractivity contribution in [3.63, 3.8) is 0 Å². The van der Waals surface area contributed by atoms with Gasteiger partial charge in [-0.1, -0.05) is 30.3 Å². The molecule has 1 saturated heterocycles. The highest BCUT2D eigenvalue weighted by molar-refractivity contribution is 5.90. The number of benzene rings is 2. The van der Waals surface area contributed by atoms with Crippen LogP contribution in [0.4, 0.5) is 13.2 Å². The predicted octanol–water partition coefficient (Wildman–Crippen LogP) is 2.54. The molecule has 2 heterocycles. The van der Waals surface area contributed by atoms with Crippen molar-refractivity contribution in [3.05, 3.63) is 70.0 Å². The summed E-state index contributed by atoms with van der Waals surface area (Å²) < 4.78 is 40.1. The highest BCUT2D eigenvalue weighted by Crippen LogP contribution is 2.37. The topological polar surface area (TPSA) is 102 Å². The summed E-state index contributed by atoms with van der Waals surface area (Å²) in [4.78, 5) is 27.5. The summed E-state index contributed by atoms with van der Waals surface area (Å²) in [5.41, 5.74) is -0.960. The summed E-state index contributed by atoms with van der Waals surface area (Å²) in [5, 5.41) is 22.2. The number of carbonyl (C=O) groups excluding carboxylic acids is 1. The summed E-state index contributed by atoms with van der Waals surface area (Å²) in [6, 6.07) is 10.6. The smallest absolute Gasteiger partial charge is 0.394 e. The number of pyridine rings is 1. The van der Waals surface area contributed by atoms with Crippen molar-refractivity contribution in [1.82, 2.24) is 10.3 Å². The summed E-state index contributed by atoms with van der Waals surface area (Å²) in [6.07, 6.45) is -5.41. The van der Waals surface area contributed by atoms with Gasteiger partial charge in [-0.25, -0.2) is 0 Å². The predicted molar refractivity (Wildman–Crippen MR) is 107 cm³/mol. The number of halogens is 3. The zero-order valence-electron chi connectivity index (χ0n) is 16.1. The molecule has 1 amide bonds. The summed E-state index contributed by atoms with van der Waals surface area (Å²) >= 11 is 0. The highest BCUT2D eigenvalue weighted by atomic mass is 19.4. The number of aromatic amines is 1. The number of aliphatic hydroxyl groups is 2. The number of alkyl halides is 3. The number of hydrogen-bond acceptors (Lipinski definition) is 4.